The third-order valence-corrected chi connectivity index (χ3v) is 3.70. The molecule has 96 valence electrons. The highest BCUT2D eigenvalue weighted by Crippen LogP contribution is 2.57. The van der Waals surface area contributed by atoms with Crippen LogP contribution in [-0.4, -0.2) is 21.3 Å². The molecular formula is C14H17NO3. The van der Waals surface area contributed by atoms with Crippen LogP contribution < -0.4 is 14.2 Å². The SMILES string of the molecule is COc1cc(OC)c(C2(C#N)CC2C)cc1OC. The van der Waals surface area contributed by atoms with Crippen LogP contribution >= 0.6 is 0 Å². The van der Waals surface area contributed by atoms with Crippen molar-refractivity contribution < 1.29 is 14.2 Å². The van der Waals surface area contributed by atoms with Crippen LogP contribution in [-0.2, 0) is 5.41 Å². The van der Waals surface area contributed by atoms with Gasteiger partial charge in [0, 0.05) is 11.6 Å². The molecule has 0 radical (unpaired) electrons. The van der Waals surface area contributed by atoms with E-state index < -0.39 is 5.41 Å². The highest BCUT2D eigenvalue weighted by molar-refractivity contribution is 5.57. The molecule has 1 aliphatic carbocycles. The summed E-state index contributed by atoms with van der Waals surface area (Å²) in [5.74, 6) is 2.26. The summed E-state index contributed by atoms with van der Waals surface area (Å²) in [4.78, 5) is 0. The zero-order chi connectivity index (χ0) is 13.3. The summed E-state index contributed by atoms with van der Waals surface area (Å²) in [6.07, 6.45) is 0.856. The minimum absolute atomic E-state index is 0.342. The van der Waals surface area contributed by atoms with Gasteiger partial charge in [0.05, 0.1) is 32.8 Å². The van der Waals surface area contributed by atoms with Gasteiger partial charge in [-0.05, 0) is 18.4 Å². The summed E-state index contributed by atoms with van der Waals surface area (Å²) in [6, 6.07) is 6.03. The highest BCUT2D eigenvalue weighted by atomic mass is 16.5. The predicted molar refractivity (Wildman–Crippen MR) is 67.2 cm³/mol. The molecular weight excluding hydrogens is 230 g/mol. The van der Waals surface area contributed by atoms with Gasteiger partial charge in [-0.25, -0.2) is 0 Å². The standard InChI is InChI=1S/C14H17NO3/c1-9-7-14(9,8-15)10-5-12(17-3)13(18-4)6-11(10)16-2/h5-6,9H,7H2,1-4H3. The van der Waals surface area contributed by atoms with Gasteiger partial charge in [-0.15, -0.1) is 0 Å². The molecule has 18 heavy (non-hydrogen) atoms. The number of hydrogen-bond acceptors (Lipinski definition) is 4. The molecule has 0 aromatic heterocycles. The van der Waals surface area contributed by atoms with Gasteiger partial charge < -0.3 is 14.2 Å². The Morgan fingerprint density at radius 1 is 1.11 bits per heavy atom. The average molecular weight is 247 g/mol. The van der Waals surface area contributed by atoms with Crippen LogP contribution in [0, 0.1) is 17.2 Å². The summed E-state index contributed by atoms with van der Waals surface area (Å²) in [5, 5.41) is 9.41. The number of hydrogen-bond donors (Lipinski definition) is 0. The van der Waals surface area contributed by atoms with Crippen LogP contribution in [0.3, 0.4) is 0 Å². The molecule has 0 amide bonds. The first-order valence-corrected chi connectivity index (χ1v) is 5.84. The van der Waals surface area contributed by atoms with Crippen molar-refractivity contribution in [1.82, 2.24) is 0 Å². The van der Waals surface area contributed by atoms with Crippen molar-refractivity contribution in [3.63, 3.8) is 0 Å². The van der Waals surface area contributed by atoms with Crippen molar-refractivity contribution in [1.29, 1.82) is 5.26 Å². The lowest BCUT2D eigenvalue weighted by Crippen LogP contribution is -2.09. The first kappa shape index (κ1) is 12.6. The second kappa shape index (κ2) is 4.41. The molecule has 1 fully saturated rings. The predicted octanol–water partition coefficient (Wildman–Crippen LogP) is 2.51. The normalized spacial score (nSPS) is 25.2. The monoisotopic (exact) mass is 247 g/mol. The molecule has 0 spiro atoms. The fourth-order valence-corrected chi connectivity index (χ4v) is 2.39. The molecule has 4 nitrogen and oxygen atoms in total. The molecule has 1 aromatic rings. The summed E-state index contributed by atoms with van der Waals surface area (Å²) < 4.78 is 15.9. The van der Waals surface area contributed by atoms with E-state index in [4.69, 9.17) is 14.2 Å². The van der Waals surface area contributed by atoms with Crippen LogP contribution in [0.2, 0.25) is 0 Å². The van der Waals surface area contributed by atoms with Gasteiger partial charge in [-0.1, -0.05) is 6.92 Å². The second-order valence-electron chi connectivity index (χ2n) is 4.60. The number of nitrogens with zero attached hydrogens (tertiary/aromatic N) is 1. The molecule has 0 saturated heterocycles. The highest BCUT2D eigenvalue weighted by Gasteiger charge is 2.55. The van der Waals surface area contributed by atoms with E-state index in [0.29, 0.717) is 23.2 Å². The molecule has 4 heteroatoms. The Labute approximate surface area is 107 Å². The van der Waals surface area contributed by atoms with Gasteiger partial charge in [-0.3, -0.25) is 0 Å². The van der Waals surface area contributed by atoms with Crippen molar-refractivity contribution in [2.75, 3.05) is 21.3 Å². The molecule has 0 heterocycles. The van der Waals surface area contributed by atoms with Gasteiger partial charge in [0.1, 0.15) is 5.75 Å². The van der Waals surface area contributed by atoms with Gasteiger partial charge >= 0.3 is 0 Å². The number of methoxy groups -OCH3 is 3. The number of ether oxygens (including phenoxy) is 3. The number of rotatable bonds is 4. The molecule has 2 atom stereocenters. The van der Waals surface area contributed by atoms with Crippen molar-refractivity contribution >= 4 is 0 Å². The van der Waals surface area contributed by atoms with E-state index in [1.54, 1.807) is 27.4 Å². The molecule has 0 N–H and O–H groups in total. The molecule has 1 aromatic carbocycles. The quantitative estimate of drug-likeness (QED) is 0.820. The third kappa shape index (κ3) is 1.67. The lowest BCUT2D eigenvalue weighted by Gasteiger charge is -2.17. The van der Waals surface area contributed by atoms with E-state index in [9.17, 15) is 5.26 Å². The van der Waals surface area contributed by atoms with Gasteiger partial charge in [0.2, 0.25) is 0 Å². The Morgan fingerprint density at radius 2 is 1.61 bits per heavy atom. The van der Waals surface area contributed by atoms with Crippen LogP contribution in [0.1, 0.15) is 18.9 Å². The van der Waals surface area contributed by atoms with Crippen molar-refractivity contribution in [3.8, 4) is 23.3 Å². The molecule has 2 unspecified atom stereocenters. The average Bonchev–Trinajstić information content (AvgIpc) is 3.08. The van der Waals surface area contributed by atoms with E-state index in [-0.39, 0.29) is 0 Å². The topological polar surface area (TPSA) is 51.5 Å². The van der Waals surface area contributed by atoms with Crippen molar-refractivity contribution in [3.05, 3.63) is 17.7 Å². The van der Waals surface area contributed by atoms with Gasteiger partial charge in [0.25, 0.3) is 0 Å². The second-order valence-corrected chi connectivity index (χ2v) is 4.60. The number of nitriles is 1. The largest absolute Gasteiger partial charge is 0.496 e. The zero-order valence-corrected chi connectivity index (χ0v) is 11.1. The fraction of sp³-hybridized carbons (Fsp3) is 0.500. The van der Waals surface area contributed by atoms with Crippen LogP contribution in [0.25, 0.3) is 0 Å². The molecule has 2 rings (SSSR count). The lowest BCUT2D eigenvalue weighted by molar-refractivity contribution is 0.346. The smallest absolute Gasteiger partial charge is 0.164 e. The maximum absolute atomic E-state index is 9.41. The Bertz CT molecular complexity index is 506. The van der Waals surface area contributed by atoms with Crippen molar-refractivity contribution in [2.45, 2.75) is 18.8 Å². The Balaban J connectivity index is 2.57. The maximum atomic E-state index is 9.41. The summed E-state index contributed by atoms with van der Waals surface area (Å²) in [5.41, 5.74) is 0.447. The zero-order valence-electron chi connectivity index (χ0n) is 11.1. The molecule has 0 aliphatic heterocycles. The molecule has 0 bridgehead atoms. The van der Waals surface area contributed by atoms with E-state index in [0.717, 1.165) is 12.0 Å². The van der Waals surface area contributed by atoms with E-state index >= 15 is 0 Å². The summed E-state index contributed by atoms with van der Waals surface area (Å²) >= 11 is 0. The van der Waals surface area contributed by atoms with E-state index in [1.807, 2.05) is 6.07 Å². The van der Waals surface area contributed by atoms with Crippen LogP contribution in [0.4, 0.5) is 0 Å². The van der Waals surface area contributed by atoms with E-state index in [2.05, 4.69) is 13.0 Å². The Kier molecular flexibility index (Phi) is 3.08. The Hall–Kier alpha value is -1.89. The first-order chi connectivity index (χ1) is 8.62. The van der Waals surface area contributed by atoms with Crippen molar-refractivity contribution in [2.24, 2.45) is 5.92 Å². The first-order valence-electron chi connectivity index (χ1n) is 5.84. The minimum atomic E-state index is -0.440. The Morgan fingerprint density at radius 3 is 2.00 bits per heavy atom. The third-order valence-electron chi connectivity index (χ3n) is 3.70. The maximum Gasteiger partial charge on any atom is 0.164 e. The molecule has 1 aliphatic rings. The summed E-state index contributed by atoms with van der Waals surface area (Å²) in [6.45, 7) is 2.07. The fourth-order valence-electron chi connectivity index (χ4n) is 2.39. The molecule has 1 saturated carbocycles. The number of benzene rings is 1. The minimum Gasteiger partial charge on any atom is -0.496 e. The lowest BCUT2D eigenvalue weighted by atomic mass is 9.93. The summed E-state index contributed by atoms with van der Waals surface area (Å²) in [7, 11) is 4.77. The van der Waals surface area contributed by atoms with Gasteiger partial charge in [-0.2, -0.15) is 5.26 Å². The van der Waals surface area contributed by atoms with Crippen LogP contribution in [0.5, 0.6) is 17.2 Å². The van der Waals surface area contributed by atoms with Gasteiger partial charge in [0.15, 0.2) is 11.5 Å². The van der Waals surface area contributed by atoms with E-state index in [1.165, 1.54) is 0 Å². The van der Waals surface area contributed by atoms with Crippen LogP contribution in [0.15, 0.2) is 12.1 Å².